The van der Waals surface area contributed by atoms with Crippen LogP contribution in [-0.2, 0) is 14.4 Å². The molecule has 3 N–H and O–H groups in total. The SMILES string of the molecule is CCCCC(=O)C(=O)NN[C@@H](CC(C)C)C(=O)O. The maximum absolute atomic E-state index is 11.3. The fourth-order valence-corrected chi connectivity index (χ4v) is 1.37. The molecule has 0 aliphatic heterocycles. The van der Waals surface area contributed by atoms with Crippen LogP contribution in [0.1, 0.15) is 46.5 Å². The largest absolute Gasteiger partial charge is 0.480 e. The van der Waals surface area contributed by atoms with E-state index in [0.29, 0.717) is 12.8 Å². The first-order chi connectivity index (χ1) is 8.38. The van der Waals surface area contributed by atoms with Crippen LogP contribution in [0.5, 0.6) is 0 Å². The number of aliphatic carboxylic acids is 1. The molecule has 6 nitrogen and oxygen atoms in total. The Morgan fingerprint density at radius 2 is 1.83 bits per heavy atom. The highest BCUT2D eigenvalue weighted by atomic mass is 16.4. The van der Waals surface area contributed by atoms with Gasteiger partial charge in [0.1, 0.15) is 6.04 Å². The molecule has 6 heteroatoms. The minimum Gasteiger partial charge on any atom is -0.480 e. The van der Waals surface area contributed by atoms with Crippen molar-refractivity contribution in [1.82, 2.24) is 10.9 Å². The van der Waals surface area contributed by atoms with Gasteiger partial charge in [-0.3, -0.25) is 19.8 Å². The number of carboxylic acid groups (broad SMARTS) is 1. The van der Waals surface area contributed by atoms with Gasteiger partial charge in [0.05, 0.1) is 0 Å². The number of nitrogens with one attached hydrogen (secondary N) is 2. The summed E-state index contributed by atoms with van der Waals surface area (Å²) in [7, 11) is 0. The average molecular weight is 258 g/mol. The number of hydrogen-bond acceptors (Lipinski definition) is 4. The summed E-state index contributed by atoms with van der Waals surface area (Å²) < 4.78 is 0. The van der Waals surface area contributed by atoms with E-state index in [1.165, 1.54) is 0 Å². The van der Waals surface area contributed by atoms with Crippen molar-refractivity contribution in [2.24, 2.45) is 5.92 Å². The molecule has 0 aromatic carbocycles. The zero-order valence-electron chi connectivity index (χ0n) is 11.2. The summed E-state index contributed by atoms with van der Waals surface area (Å²) in [5, 5.41) is 8.92. The van der Waals surface area contributed by atoms with Gasteiger partial charge in [-0.05, 0) is 18.8 Å². The first-order valence-electron chi connectivity index (χ1n) is 6.20. The van der Waals surface area contributed by atoms with E-state index in [1.54, 1.807) is 0 Å². The zero-order chi connectivity index (χ0) is 14.1. The van der Waals surface area contributed by atoms with Gasteiger partial charge in [0.25, 0.3) is 0 Å². The molecule has 1 amide bonds. The van der Waals surface area contributed by atoms with Gasteiger partial charge >= 0.3 is 11.9 Å². The Hall–Kier alpha value is -1.43. The van der Waals surface area contributed by atoms with Crippen molar-refractivity contribution in [3.8, 4) is 0 Å². The van der Waals surface area contributed by atoms with Gasteiger partial charge in [0.2, 0.25) is 5.78 Å². The minimum absolute atomic E-state index is 0.172. The van der Waals surface area contributed by atoms with E-state index in [9.17, 15) is 14.4 Å². The van der Waals surface area contributed by atoms with Crippen molar-refractivity contribution in [1.29, 1.82) is 0 Å². The molecule has 0 aromatic rings. The van der Waals surface area contributed by atoms with Gasteiger partial charge in [0, 0.05) is 6.42 Å². The Morgan fingerprint density at radius 1 is 1.22 bits per heavy atom. The second-order valence-corrected chi connectivity index (χ2v) is 4.65. The molecule has 0 fully saturated rings. The van der Waals surface area contributed by atoms with Crippen LogP contribution in [0, 0.1) is 5.92 Å². The first kappa shape index (κ1) is 16.6. The van der Waals surface area contributed by atoms with E-state index in [2.05, 4.69) is 10.9 Å². The zero-order valence-corrected chi connectivity index (χ0v) is 11.2. The average Bonchev–Trinajstić information content (AvgIpc) is 2.30. The smallest absolute Gasteiger partial charge is 0.322 e. The lowest BCUT2D eigenvalue weighted by atomic mass is 10.0. The van der Waals surface area contributed by atoms with Gasteiger partial charge in [-0.15, -0.1) is 0 Å². The lowest BCUT2D eigenvalue weighted by molar-refractivity contribution is -0.142. The van der Waals surface area contributed by atoms with Crippen LogP contribution in [0.2, 0.25) is 0 Å². The van der Waals surface area contributed by atoms with E-state index < -0.39 is 23.7 Å². The maximum atomic E-state index is 11.3. The van der Waals surface area contributed by atoms with Crippen LogP contribution < -0.4 is 10.9 Å². The number of ketones is 1. The standard InChI is InChI=1S/C12H22N2O4/c1-4-5-6-10(15)11(16)14-13-9(12(17)18)7-8(2)3/h8-9,13H,4-7H2,1-3H3,(H,14,16)(H,17,18)/t9-/m0/s1. The number of carboxylic acids is 1. The quantitative estimate of drug-likeness (QED) is 0.421. The van der Waals surface area contributed by atoms with Crippen LogP contribution in [0.15, 0.2) is 0 Å². The predicted octanol–water partition coefficient (Wildman–Crippen LogP) is 0.866. The lowest BCUT2D eigenvalue weighted by Gasteiger charge is -2.16. The molecule has 0 bridgehead atoms. The summed E-state index contributed by atoms with van der Waals surface area (Å²) in [5.41, 5.74) is 4.55. The van der Waals surface area contributed by atoms with E-state index >= 15 is 0 Å². The predicted molar refractivity (Wildman–Crippen MR) is 66.7 cm³/mol. The number of hydrazine groups is 1. The first-order valence-corrected chi connectivity index (χ1v) is 6.20. The molecule has 1 atom stereocenters. The molecule has 0 radical (unpaired) electrons. The summed E-state index contributed by atoms with van der Waals surface area (Å²) in [6.07, 6.45) is 2.04. The molecule has 0 aromatic heterocycles. The fourth-order valence-electron chi connectivity index (χ4n) is 1.37. The number of unbranched alkanes of at least 4 members (excludes halogenated alkanes) is 1. The van der Waals surface area contributed by atoms with Crippen molar-refractivity contribution in [3.05, 3.63) is 0 Å². The van der Waals surface area contributed by atoms with E-state index in [4.69, 9.17) is 5.11 Å². The van der Waals surface area contributed by atoms with E-state index in [-0.39, 0.29) is 12.3 Å². The second-order valence-electron chi connectivity index (χ2n) is 4.65. The van der Waals surface area contributed by atoms with Crippen LogP contribution in [0.4, 0.5) is 0 Å². The molecule has 0 aliphatic carbocycles. The number of Topliss-reactive ketones (excluding diaryl/α,β-unsaturated/α-hetero) is 1. The summed E-state index contributed by atoms with van der Waals surface area (Å²) in [5.74, 6) is -2.19. The van der Waals surface area contributed by atoms with E-state index in [0.717, 1.165) is 6.42 Å². The van der Waals surface area contributed by atoms with Crippen LogP contribution in [0.3, 0.4) is 0 Å². The third-order valence-corrected chi connectivity index (χ3v) is 2.38. The summed E-state index contributed by atoms with van der Waals surface area (Å²) in [6.45, 7) is 5.68. The Morgan fingerprint density at radius 3 is 2.28 bits per heavy atom. The third kappa shape index (κ3) is 7.01. The van der Waals surface area contributed by atoms with Gasteiger partial charge in [-0.2, -0.15) is 0 Å². The van der Waals surface area contributed by atoms with Gasteiger partial charge in [0.15, 0.2) is 0 Å². The molecular formula is C12H22N2O4. The van der Waals surface area contributed by atoms with Crippen LogP contribution >= 0.6 is 0 Å². The highest BCUT2D eigenvalue weighted by Gasteiger charge is 2.20. The molecule has 0 heterocycles. The van der Waals surface area contributed by atoms with Crippen LogP contribution in [-0.4, -0.2) is 28.8 Å². The van der Waals surface area contributed by atoms with Gasteiger partial charge in [-0.1, -0.05) is 27.2 Å². The van der Waals surface area contributed by atoms with Crippen molar-refractivity contribution in [2.75, 3.05) is 0 Å². The topological polar surface area (TPSA) is 95.5 Å². The number of amides is 1. The van der Waals surface area contributed by atoms with Gasteiger partial charge in [-0.25, -0.2) is 5.43 Å². The highest BCUT2D eigenvalue weighted by molar-refractivity contribution is 6.36. The second kappa shape index (κ2) is 8.63. The number of carbonyl (C=O) groups is 3. The third-order valence-electron chi connectivity index (χ3n) is 2.38. The van der Waals surface area contributed by atoms with Crippen molar-refractivity contribution < 1.29 is 19.5 Å². The summed E-state index contributed by atoms with van der Waals surface area (Å²) in [4.78, 5) is 33.5. The molecule has 0 saturated heterocycles. The highest BCUT2D eigenvalue weighted by Crippen LogP contribution is 2.04. The van der Waals surface area contributed by atoms with Crippen molar-refractivity contribution in [3.63, 3.8) is 0 Å². The Labute approximate surface area is 107 Å². The Bertz CT molecular complexity index is 302. The molecule has 0 spiro atoms. The van der Waals surface area contributed by atoms with Crippen molar-refractivity contribution >= 4 is 17.7 Å². The lowest BCUT2D eigenvalue weighted by Crippen LogP contribution is -2.50. The Balaban J connectivity index is 4.14. The normalized spacial score (nSPS) is 12.2. The fraction of sp³-hybridized carbons (Fsp3) is 0.750. The molecule has 18 heavy (non-hydrogen) atoms. The molecule has 0 rings (SSSR count). The summed E-state index contributed by atoms with van der Waals surface area (Å²) in [6, 6.07) is -0.882. The molecular weight excluding hydrogens is 236 g/mol. The minimum atomic E-state index is -1.05. The maximum Gasteiger partial charge on any atom is 0.322 e. The number of hydrogen-bond donors (Lipinski definition) is 3. The Kier molecular flexibility index (Phi) is 7.94. The molecule has 0 unspecified atom stereocenters. The molecule has 0 aliphatic rings. The van der Waals surface area contributed by atoms with Crippen molar-refractivity contribution in [2.45, 2.75) is 52.5 Å². The monoisotopic (exact) mass is 258 g/mol. The van der Waals surface area contributed by atoms with Gasteiger partial charge < -0.3 is 5.11 Å². The molecule has 0 saturated carbocycles. The molecule has 104 valence electrons. The van der Waals surface area contributed by atoms with E-state index in [1.807, 2.05) is 20.8 Å². The summed E-state index contributed by atoms with van der Waals surface area (Å²) >= 11 is 0. The number of rotatable bonds is 9. The number of carbonyl (C=O) groups excluding carboxylic acids is 2. The van der Waals surface area contributed by atoms with Crippen LogP contribution in [0.25, 0.3) is 0 Å².